The topological polar surface area (TPSA) is 99.2 Å². The average molecular weight is 486 g/mol. The van der Waals surface area contributed by atoms with Crippen LogP contribution in [0.5, 0.6) is 5.88 Å². The number of hydrogen-bond acceptors (Lipinski definition) is 8. The smallest absolute Gasteiger partial charge is 0.233 e. The zero-order valence-electron chi connectivity index (χ0n) is 23.0. The minimum Gasteiger partial charge on any atom is -0.463 e. The molecule has 3 aromatic rings. The molecule has 34 heavy (non-hydrogen) atoms. The molecule has 3 atom stereocenters. The lowest BCUT2D eigenvalue weighted by Gasteiger charge is -2.33. The lowest BCUT2D eigenvalue weighted by molar-refractivity contribution is 0.355. The fourth-order valence-electron chi connectivity index (χ4n) is 4.47. The van der Waals surface area contributed by atoms with E-state index in [9.17, 15) is 8.78 Å². The summed E-state index contributed by atoms with van der Waals surface area (Å²) in [5.74, 6) is 2.65. The first-order chi connectivity index (χ1) is 18.2. The van der Waals surface area contributed by atoms with Crippen LogP contribution in [0, 0.1) is 23.7 Å². The number of aromatic nitrogens is 4. The van der Waals surface area contributed by atoms with E-state index in [0.29, 0.717) is 28.7 Å². The van der Waals surface area contributed by atoms with Gasteiger partial charge < -0.3 is 10.5 Å². The normalized spacial score (nSPS) is 28.1. The standard InChI is InChI=1S/C24H22F2N6OS/c1-3-4-7-33-19-12-29-20-16(31-19)5-6-28-17(20)9-14-8-15(21(26)30-11-14)23(2)18-10-24(18,13-25)34-22(27)32-23/h5-6,8,11-12,18H,7,9-10,13H2,1-2H3,(H2,27,32)/t18-,23+,24+/m0/s1/i1D3,7D2. The van der Waals surface area contributed by atoms with Crippen LogP contribution in [0.3, 0.4) is 0 Å². The van der Waals surface area contributed by atoms with Crippen LogP contribution in [0.4, 0.5) is 8.78 Å². The minimum absolute atomic E-state index is 0.199. The van der Waals surface area contributed by atoms with Gasteiger partial charge in [-0.05, 0) is 37.9 Å². The maximum atomic E-state index is 15.0. The van der Waals surface area contributed by atoms with Crippen molar-refractivity contribution in [3.63, 3.8) is 0 Å². The van der Waals surface area contributed by atoms with Gasteiger partial charge >= 0.3 is 0 Å². The number of nitrogens with zero attached hydrogens (tertiary/aromatic N) is 5. The van der Waals surface area contributed by atoms with E-state index in [-0.39, 0.29) is 28.9 Å². The number of amidine groups is 1. The fraction of sp³-hybridized carbons (Fsp3) is 0.375. The number of aliphatic imine (C=N–C) groups is 1. The van der Waals surface area contributed by atoms with Crippen LogP contribution in [0.15, 0.2) is 35.7 Å². The number of hydrogen-bond donors (Lipinski definition) is 1. The second-order valence-electron chi connectivity index (χ2n) is 8.30. The molecule has 7 nitrogen and oxygen atoms in total. The summed E-state index contributed by atoms with van der Waals surface area (Å²) in [4.78, 5) is 21.4. The van der Waals surface area contributed by atoms with Crippen molar-refractivity contribution in [2.75, 3.05) is 13.2 Å². The quantitative estimate of drug-likeness (QED) is 0.421. The Morgan fingerprint density at radius 2 is 2.26 bits per heavy atom. The van der Waals surface area contributed by atoms with Crippen LogP contribution in [-0.2, 0) is 12.0 Å². The van der Waals surface area contributed by atoms with Gasteiger partial charge in [0.25, 0.3) is 0 Å². The van der Waals surface area contributed by atoms with E-state index < -0.39 is 36.3 Å². The highest BCUT2D eigenvalue weighted by molar-refractivity contribution is 8.15. The van der Waals surface area contributed by atoms with Gasteiger partial charge in [0.1, 0.15) is 12.2 Å². The molecule has 174 valence electrons. The van der Waals surface area contributed by atoms with Gasteiger partial charge in [-0.15, -0.1) is 5.92 Å². The van der Waals surface area contributed by atoms with Gasteiger partial charge in [0.05, 0.1) is 30.4 Å². The maximum absolute atomic E-state index is 15.0. The van der Waals surface area contributed by atoms with Crippen molar-refractivity contribution in [3.05, 3.63) is 53.5 Å². The summed E-state index contributed by atoms with van der Waals surface area (Å²) in [6, 6.07) is 3.19. The Hall–Kier alpha value is -3.32. The SMILES string of the molecule is [2H]C([2H])([2H])C#CC([2H])([2H])Oc1cnc2c(Cc3cnc(F)c([C@@]4(C)N=C(N)S[C@@]5(CF)C[C@H]54)c3)nccc2n1. The fourth-order valence-corrected chi connectivity index (χ4v) is 5.80. The van der Waals surface area contributed by atoms with Crippen molar-refractivity contribution >= 4 is 28.0 Å². The van der Waals surface area contributed by atoms with Crippen molar-refractivity contribution in [1.82, 2.24) is 19.9 Å². The molecular formula is C24H22F2N6OS. The molecule has 4 heterocycles. The number of pyridine rings is 2. The summed E-state index contributed by atoms with van der Waals surface area (Å²) in [5, 5.41) is 0.214. The first-order valence-corrected chi connectivity index (χ1v) is 11.1. The maximum Gasteiger partial charge on any atom is 0.233 e. The van der Waals surface area contributed by atoms with E-state index in [1.165, 1.54) is 30.4 Å². The molecule has 0 spiro atoms. The third-order valence-corrected chi connectivity index (χ3v) is 7.44. The van der Waals surface area contributed by atoms with E-state index in [4.69, 9.17) is 17.3 Å². The number of rotatable bonds is 6. The molecule has 0 saturated heterocycles. The molecule has 1 saturated carbocycles. The monoisotopic (exact) mass is 485 g/mol. The number of halogens is 2. The van der Waals surface area contributed by atoms with Crippen molar-refractivity contribution in [3.8, 4) is 17.7 Å². The van der Waals surface area contributed by atoms with Crippen LogP contribution in [-0.4, -0.2) is 43.1 Å². The Labute approximate surface area is 206 Å². The number of thioether (sulfide) groups is 1. The molecule has 1 fully saturated rings. The summed E-state index contributed by atoms with van der Waals surface area (Å²) >= 11 is 1.20. The Balaban J connectivity index is 1.43. The second-order valence-corrected chi connectivity index (χ2v) is 9.74. The third-order valence-electron chi connectivity index (χ3n) is 6.17. The van der Waals surface area contributed by atoms with Crippen LogP contribution in [0.2, 0.25) is 0 Å². The number of nitrogens with two attached hydrogens (primary N) is 1. The Bertz CT molecular complexity index is 1560. The second kappa shape index (κ2) is 8.47. The van der Waals surface area contributed by atoms with Crippen LogP contribution in [0.25, 0.3) is 11.0 Å². The molecule has 0 bridgehead atoms. The summed E-state index contributed by atoms with van der Waals surface area (Å²) < 4.78 is 70.2. The van der Waals surface area contributed by atoms with E-state index in [0.717, 1.165) is 0 Å². The van der Waals surface area contributed by atoms with Gasteiger partial charge in [0.2, 0.25) is 11.8 Å². The predicted octanol–water partition coefficient (Wildman–Crippen LogP) is 3.56. The largest absolute Gasteiger partial charge is 0.463 e. The number of fused-ring (bicyclic) bond motifs is 2. The van der Waals surface area contributed by atoms with Crippen molar-refractivity contribution < 1.29 is 20.4 Å². The molecule has 5 rings (SSSR count). The van der Waals surface area contributed by atoms with Crippen molar-refractivity contribution in [2.45, 2.75) is 36.9 Å². The average Bonchev–Trinajstić information content (AvgIpc) is 3.59. The summed E-state index contributed by atoms with van der Waals surface area (Å²) in [5.41, 5.74) is 7.01. The first-order valence-electron chi connectivity index (χ1n) is 12.8. The lowest BCUT2D eigenvalue weighted by atomic mass is 9.86. The Kier molecular flexibility index (Phi) is 4.28. The number of alkyl halides is 1. The molecular weight excluding hydrogens is 458 g/mol. The molecule has 3 aromatic heterocycles. The van der Waals surface area contributed by atoms with Gasteiger partial charge in [-0.3, -0.25) is 9.98 Å². The summed E-state index contributed by atoms with van der Waals surface area (Å²) in [6.07, 6.45) is 4.79. The van der Waals surface area contributed by atoms with Gasteiger partial charge in [-0.25, -0.2) is 19.3 Å². The van der Waals surface area contributed by atoms with E-state index in [2.05, 4.69) is 24.9 Å². The van der Waals surface area contributed by atoms with Crippen molar-refractivity contribution in [1.29, 1.82) is 0 Å². The molecule has 0 unspecified atom stereocenters. The van der Waals surface area contributed by atoms with E-state index in [1.54, 1.807) is 19.1 Å². The molecule has 0 amide bonds. The Morgan fingerprint density at radius 1 is 1.38 bits per heavy atom. The first kappa shape index (κ1) is 17.2. The summed E-state index contributed by atoms with van der Waals surface area (Å²) in [6.45, 7) is -4.08. The van der Waals surface area contributed by atoms with E-state index in [1.807, 2.05) is 11.8 Å². The highest BCUT2D eigenvalue weighted by Gasteiger charge is 2.66. The minimum atomic E-state index is -2.64. The third kappa shape index (κ3) is 3.84. The van der Waals surface area contributed by atoms with E-state index >= 15 is 0 Å². The molecule has 10 heteroatoms. The van der Waals surface area contributed by atoms with Gasteiger partial charge in [0, 0.05) is 34.4 Å². The molecule has 2 aliphatic rings. The lowest BCUT2D eigenvalue weighted by Crippen LogP contribution is -2.37. The highest BCUT2D eigenvalue weighted by Crippen LogP contribution is 2.65. The van der Waals surface area contributed by atoms with Crippen LogP contribution >= 0.6 is 11.8 Å². The summed E-state index contributed by atoms with van der Waals surface area (Å²) in [7, 11) is 0. The molecule has 1 aliphatic carbocycles. The highest BCUT2D eigenvalue weighted by atomic mass is 32.2. The van der Waals surface area contributed by atoms with Crippen LogP contribution < -0.4 is 10.5 Å². The molecule has 0 aromatic carbocycles. The number of ether oxygens (including phenoxy) is 1. The zero-order valence-corrected chi connectivity index (χ0v) is 18.8. The van der Waals surface area contributed by atoms with Gasteiger partial charge in [-0.1, -0.05) is 17.7 Å². The molecule has 0 radical (unpaired) electrons. The zero-order chi connectivity index (χ0) is 28.2. The van der Waals surface area contributed by atoms with Gasteiger partial charge in [-0.2, -0.15) is 4.39 Å². The van der Waals surface area contributed by atoms with Gasteiger partial charge in [0.15, 0.2) is 11.7 Å². The molecule has 2 N–H and O–H groups in total. The predicted molar refractivity (Wildman–Crippen MR) is 127 cm³/mol. The van der Waals surface area contributed by atoms with Crippen molar-refractivity contribution in [2.24, 2.45) is 16.6 Å². The molecule has 1 aliphatic heterocycles. The van der Waals surface area contributed by atoms with Crippen LogP contribution in [0.1, 0.15) is 43.9 Å². The Morgan fingerprint density at radius 3 is 3.09 bits per heavy atom.